The van der Waals surface area contributed by atoms with Crippen molar-refractivity contribution in [1.82, 2.24) is 0 Å². The van der Waals surface area contributed by atoms with Crippen molar-refractivity contribution in [3.63, 3.8) is 0 Å². The van der Waals surface area contributed by atoms with Crippen LogP contribution >= 0.6 is 0 Å². The van der Waals surface area contributed by atoms with Crippen molar-refractivity contribution in [2.45, 2.75) is 6.18 Å². The predicted molar refractivity (Wildman–Crippen MR) is 74.9 cm³/mol. The van der Waals surface area contributed by atoms with Crippen LogP contribution in [0.3, 0.4) is 0 Å². The largest absolute Gasteiger partial charge is 0.418 e. The normalized spacial score (nSPS) is 11.2. The van der Waals surface area contributed by atoms with Gasteiger partial charge in [-0.25, -0.2) is 8.78 Å². The van der Waals surface area contributed by atoms with Crippen molar-refractivity contribution in [2.75, 3.05) is 17.2 Å². The lowest BCUT2D eigenvalue weighted by Crippen LogP contribution is -2.24. The summed E-state index contributed by atoms with van der Waals surface area (Å²) in [6.07, 6.45) is -4.63. The van der Waals surface area contributed by atoms with Crippen LogP contribution in [0.1, 0.15) is 5.56 Å². The van der Waals surface area contributed by atoms with Crippen molar-refractivity contribution in [3.05, 3.63) is 59.7 Å². The molecule has 0 aliphatic carbocycles. The SMILES string of the molecule is O=C(CNc1c(F)cccc1F)Nc1ccccc1C(F)(F)F. The first-order chi connectivity index (χ1) is 10.8. The molecular weight excluding hydrogens is 319 g/mol. The van der Waals surface area contributed by atoms with Crippen LogP contribution in [-0.2, 0) is 11.0 Å². The first kappa shape index (κ1) is 16.7. The minimum Gasteiger partial charge on any atom is -0.371 e. The monoisotopic (exact) mass is 330 g/mol. The Morgan fingerprint density at radius 1 is 0.957 bits per heavy atom. The maximum atomic E-state index is 13.4. The Hall–Kier alpha value is -2.64. The van der Waals surface area contributed by atoms with Crippen LogP contribution in [0.4, 0.5) is 33.3 Å². The van der Waals surface area contributed by atoms with Crippen LogP contribution in [-0.4, -0.2) is 12.5 Å². The van der Waals surface area contributed by atoms with Crippen molar-refractivity contribution < 1.29 is 26.7 Å². The lowest BCUT2D eigenvalue weighted by atomic mass is 10.1. The minimum absolute atomic E-state index is 0.430. The van der Waals surface area contributed by atoms with Gasteiger partial charge in [-0.3, -0.25) is 4.79 Å². The molecule has 0 aromatic heterocycles. The van der Waals surface area contributed by atoms with Crippen LogP contribution in [0.15, 0.2) is 42.5 Å². The van der Waals surface area contributed by atoms with Gasteiger partial charge >= 0.3 is 6.18 Å². The summed E-state index contributed by atoms with van der Waals surface area (Å²) in [5, 5.41) is 4.28. The molecule has 23 heavy (non-hydrogen) atoms. The third kappa shape index (κ3) is 4.18. The van der Waals surface area contributed by atoms with E-state index in [2.05, 4.69) is 10.6 Å². The summed E-state index contributed by atoms with van der Waals surface area (Å²) in [6.45, 7) is -0.593. The van der Waals surface area contributed by atoms with E-state index in [4.69, 9.17) is 0 Å². The summed E-state index contributed by atoms with van der Waals surface area (Å²) in [4.78, 5) is 11.7. The van der Waals surface area contributed by atoms with Crippen molar-refractivity contribution in [3.8, 4) is 0 Å². The van der Waals surface area contributed by atoms with Crippen LogP contribution in [0, 0.1) is 11.6 Å². The van der Waals surface area contributed by atoms with Crippen LogP contribution in [0.2, 0.25) is 0 Å². The molecule has 2 rings (SSSR count). The molecule has 0 aliphatic heterocycles. The van der Waals surface area contributed by atoms with E-state index in [9.17, 15) is 26.7 Å². The topological polar surface area (TPSA) is 41.1 Å². The van der Waals surface area contributed by atoms with Gasteiger partial charge in [-0.05, 0) is 24.3 Å². The molecule has 0 saturated carbocycles. The van der Waals surface area contributed by atoms with E-state index in [-0.39, 0.29) is 0 Å². The molecule has 8 heteroatoms. The Balaban J connectivity index is 2.07. The highest BCUT2D eigenvalue weighted by Crippen LogP contribution is 2.34. The highest BCUT2D eigenvalue weighted by Gasteiger charge is 2.33. The third-order valence-electron chi connectivity index (χ3n) is 2.90. The van der Waals surface area contributed by atoms with Crippen LogP contribution in [0.25, 0.3) is 0 Å². The van der Waals surface area contributed by atoms with Gasteiger partial charge in [0.2, 0.25) is 5.91 Å². The Labute approximate surface area is 128 Å². The molecule has 0 fully saturated rings. The molecule has 0 saturated heterocycles. The summed E-state index contributed by atoms with van der Waals surface area (Å²) in [5.74, 6) is -2.69. The molecule has 0 atom stereocenters. The minimum atomic E-state index is -4.63. The highest BCUT2D eigenvalue weighted by atomic mass is 19.4. The van der Waals surface area contributed by atoms with E-state index in [0.717, 1.165) is 30.3 Å². The molecule has 3 nitrogen and oxygen atoms in total. The average molecular weight is 330 g/mol. The molecule has 0 spiro atoms. The van der Waals surface area contributed by atoms with Crippen LogP contribution in [0.5, 0.6) is 0 Å². The molecule has 2 N–H and O–H groups in total. The van der Waals surface area contributed by atoms with Gasteiger partial charge in [0.15, 0.2) is 0 Å². The summed E-state index contributed by atoms with van der Waals surface area (Å²) in [7, 11) is 0. The van der Waals surface area contributed by atoms with Gasteiger partial charge in [-0.2, -0.15) is 13.2 Å². The molecule has 0 bridgehead atoms. The molecule has 0 radical (unpaired) electrons. The molecule has 0 heterocycles. The number of anilines is 2. The van der Waals surface area contributed by atoms with E-state index in [1.165, 1.54) is 12.1 Å². The molecule has 2 aromatic rings. The quantitative estimate of drug-likeness (QED) is 0.831. The lowest BCUT2D eigenvalue weighted by molar-refractivity contribution is -0.137. The van der Waals surface area contributed by atoms with Crippen LogP contribution < -0.4 is 10.6 Å². The Kier molecular flexibility index (Phi) is 4.83. The number of hydrogen-bond donors (Lipinski definition) is 2. The highest BCUT2D eigenvalue weighted by molar-refractivity contribution is 5.94. The van der Waals surface area contributed by atoms with Gasteiger partial charge in [0, 0.05) is 0 Å². The van der Waals surface area contributed by atoms with E-state index < -0.39 is 47.2 Å². The smallest absolute Gasteiger partial charge is 0.371 e. The van der Waals surface area contributed by atoms with Crippen molar-refractivity contribution in [2.24, 2.45) is 0 Å². The number of para-hydroxylation sites is 2. The second kappa shape index (κ2) is 6.64. The van der Waals surface area contributed by atoms with E-state index in [1.807, 2.05) is 0 Å². The molecule has 0 unspecified atom stereocenters. The number of carbonyl (C=O) groups is 1. The molecule has 2 aromatic carbocycles. The molecule has 1 amide bonds. The first-order valence-electron chi connectivity index (χ1n) is 6.43. The van der Waals surface area contributed by atoms with Gasteiger partial charge in [-0.15, -0.1) is 0 Å². The van der Waals surface area contributed by atoms with Crippen molar-refractivity contribution >= 4 is 17.3 Å². The summed E-state index contributed by atoms with van der Waals surface area (Å²) in [6, 6.07) is 7.55. The molecule has 0 aliphatic rings. The number of carbonyl (C=O) groups excluding carboxylic acids is 1. The van der Waals surface area contributed by atoms with E-state index in [1.54, 1.807) is 0 Å². The number of halogens is 5. The standard InChI is InChI=1S/C15H11F5N2O/c16-10-5-3-6-11(17)14(10)21-8-13(23)22-12-7-2-1-4-9(12)15(18,19)20/h1-7,21H,8H2,(H,22,23). The summed E-state index contributed by atoms with van der Waals surface area (Å²) >= 11 is 0. The second-order valence-corrected chi connectivity index (χ2v) is 4.54. The average Bonchev–Trinajstić information content (AvgIpc) is 2.46. The lowest BCUT2D eigenvalue weighted by Gasteiger charge is -2.14. The number of rotatable bonds is 4. The first-order valence-corrected chi connectivity index (χ1v) is 6.43. The fourth-order valence-corrected chi connectivity index (χ4v) is 1.87. The second-order valence-electron chi connectivity index (χ2n) is 4.54. The molecular formula is C15H11F5N2O. The van der Waals surface area contributed by atoms with Gasteiger partial charge in [0.1, 0.15) is 17.3 Å². The predicted octanol–water partition coefficient (Wildman–Crippen LogP) is 4.03. The number of amides is 1. The Morgan fingerprint density at radius 2 is 1.57 bits per heavy atom. The Bertz CT molecular complexity index is 695. The zero-order chi connectivity index (χ0) is 17.0. The number of benzene rings is 2. The van der Waals surface area contributed by atoms with Crippen molar-refractivity contribution in [1.29, 1.82) is 0 Å². The van der Waals surface area contributed by atoms with Gasteiger partial charge in [-0.1, -0.05) is 18.2 Å². The number of nitrogens with one attached hydrogen (secondary N) is 2. The maximum Gasteiger partial charge on any atom is 0.418 e. The fourth-order valence-electron chi connectivity index (χ4n) is 1.87. The zero-order valence-electron chi connectivity index (χ0n) is 11.5. The van der Waals surface area contributed by atoms with Gasteiger partial charge in [0.05, 0.1) is 17.8 Å². The van der Waals surface area contributed by atoms with Gasteiger partial charge < -0.3 is 10.6 Å². The number of alkyl halides is 3. The fraction of sp³-hybridized carbons (Fsp3) is 0.133. The zero-order valence-corrected chi connectivity index (χ0v) is 11.5. The summed E-state index contributed by atoms with van der Waals surface area (Å²) < 4.78 is 65.1. The van der Waals surface area contributed by atoms with E-state index >= 15 is 0 Å². The molecule has 122 valence electrons. The number of hydrogen-bond acceptors (Lipinski definition) is 2. The van der Waals surface area contributed by atoms with Gasteiger partial charge in [0.25, 0.3) is 0 Å². The third-order valence-corrected chi connectivity index (χ3v) is 2.90. The maximum absolute atomic E-state index is 13.4. The summed E-state index contributed by atoms with van der Waals surface area (Å²) in [5.41, 5.74) is -1.96. The van der Waals surface area contributed by atoms with E-state index in [0.29, 0.717) is 0 Å². The Morgan fingerprint density at radius 3 is 2.17 bits per heavy atom.